The number of amides is 2. The maximum absolute atomic E-state index is 12.8. The molecule has 1 aromatic heterocycles. The van der Waals surface area contributed by atoms with Gasteiger partial charge in [0, 0.05) is 11.1 Å². The number of benzene rings is 2. The number of aryl methyl sites for hydroxylation is 1. The van der Waals surface area contributed by atoms with Crippen molar-refractivity contribution in [1.29, 1.82) is 0 Å². The third-order valence-electron chi connectivity index (χ3n) is 5.03. The van der Waals surface area contributed by atoms with Crippen LogP contribution in [0.25, 0.3) is 17.4 Å². The van der Waals surface area contributed by atoms with Gasteiger partial charge in [-0.2, -0.15) is 0 Å². The number of rotatable bonds is 3. The van der Waals surface area contributed by atoms with Crippen molar-refractivity contribution in [2.24, 2.45) is 0 Å². The number of ether oxygens (including phenoxy) is 1. The summed E-state index contributed by atoms with van der Waals surface area (Å²) in [7, 11) is 0. The molecule has 2 amide bonds. The first-order valence-electron chi connectivity index (χ1n) is 9.34. The van der Waals surface area contributed by atoms with Crippen LogP contribution >= 0.6 is 0 Å². The highest BCUT2D eigenvalue weighted by Crippen LogP contribution is 2.29. The Balaban J connectivity index is 1.42. The van der Waals surface area contributed by atoms with E-state index in [1.165, 1.54) is 11.1 Å². The molecule has 0 saturated carbocycles. The SMILES string of the molecule is Cc1cccc(N2NC(=O)/C(=C/c3ccc(-c4ccc5c(c4)COC5=O)o3)C2=O)c1. The number of hydrogen-bond acceptors (Lipinski definition) is 5. The van der Waals surface area contributed by atoms with Gasteiger partial charge in [0.25, 0.3) is 11.8 Å². The van der Waals surface area contributed by atoms with Crippen LogP contribution < -0.4 is 10.4 Å². The lowest BCUT2D eigenvalue weighted by Gasteiger charge is -2.14. The van der Waals surface area contributed by atoms with E-state index in [1.54, 1.807) is 30.3 Å². The predicted octanol–water partition coefficient (Wildman–Crippen LogP) is 3.39. The minimum Gasteiger partial charge on any atom is -0.457 e. The van der Waals surface area contributed by atoms with Crippen LogP contribution in [0.2, 0.25) is 0 Å². The molecule has 0 bridgehead atoms. The van der Waals surface area contributed by atoms with Gasteiger partial charge in [0.15, 0.2) is 0 Å². The average Bonchev–Trinajstić information content (AvgIpc) is 3.42. The standard InChI is InChI=1S/C23H16N2O5/c1-13-3-2-4-16(9-13)25-22(27)19(21(26)24-25)11-17-6-8-20(30-17)14-5-7-18-15(10-14)12-29-23(18)28/h2-11H,12H2,1H3,(H,24,26)/b19-11-. The molecule has 7 nitrogen and oxygen atoms in total. The van der Waals surface area contributed by atoms with Crippen molar-refractivity contribution in [3.8, 4) is 11.3 Å². The molecule has 2 aliphatic rings. The Morgan fingerprint density at radius 3 is 2.73 bits per heavy atom. The molecule has 30 heavy (non-hydrogen) atoms. The van der Waals surface area contributed by atoms with Crippen LogP contribution in [0.5, 0.6) is 0 Å². The van der Waals surface area contributed by atoms with Crippen molar-refractivity contribution < 1.29 is 23.5 Å². The molecule has 3 heterocycles. The maximum Gasteiger partial charge on any atom is 0.338 e. The van der Waals surface area contributed by atoms with E-state index in [-0.39, 0.29) is 18.1 Å². The second-order valence-corrected chi connectivity index (χ2v) is 7.13. The zero-order valence-corrected chi connectivity index (χ0v) is 16.0. The fraction of sp³-hybridized carbons (Fsp3) is 0.0870. The molecule has 5 rings (SSSR count). The highest BCUT2D eigenvalue weighted by Gasteiger charge is 2.34. The van der Waals surface area contributed by atoms with Crippen molar-refractivity contribution in [3.05, 3.63) is 82.6 Å². The number of hydrazine groups is 1. The number of hydrogen-bond donors (Lipinski definition) is 1. The van der Waals surface area contributed by atoms with E-state index in [0.717, 1.165) is 16.7 Å². The van der Waals surface area contributed by atoms with E-state index in [0.29, 0.717) is 22.8 Å². The molecule has 0 radical (unpaired) electrons. The summed E-state index contributed by atoms with van der Waals surface area (Å²) in [6, 6.07) is 16.0. The van der Waals surface area contributed by atoms with Crippen LogP contribution in [0.3, 0.4) is 0 Å². The number of nitrogens with one attached hydrogen (secondary N) is 1. The number of fused-ring (bicyclic) bond motifs is 1. The van der Waals surface area contributed by atoms with Gasteiger partial charge in [0.05, 0.1) is 11.3 Å². The van der Waals surface area contributed by atoms with Crippen LogP contribution in [0.4, 0.5) is 5.69 Å². The van der Waals surface area contributed by atoms with Crippen molar-refractivity contribution in [2.75, 3.05) is 5.01 Å². The van der Waals surface area contributed by atoms with Crippen LogP contribution in [0.1, 0.15) is 27.2 Å². The smallest absolute Gasteiger partial charge is 0.338 e. The van der Waals surface area contributed by atoms with Gasteiger partial charge in [-0.05, 0) is 55.0 Å². The van der Waals surface area contributed by atoms with Gasteiger partial charge >= 0.3 is 5.97 Å². The van der Waals surface area contributed by atoms with E-state index >= 15 is 0 Å². The molecule has 1 fully saturated rings. The summed E-state index contributed by atoms with van der Waals surface area (Å²) < 4.78 is 10.8. The second-order valence-electron chi connectivity index (χ2n) is 7.13. The van der Waals surface area contributed by atoms with Crippen LogP contribution in [-0.4, -0.2) is 17.8 Å². The number of esters is 1. The Morgan fingerprint density at radius 1 is 1.03 bits per heavy atom. The number of carbonyl (C=O) groups is 3. The fourth-order valence-corrected chi connectivity index (χ4v) is 3.52. The average molecular weight is 400 g/mol. The van der Waals surface area contributed by atoms with Crippen molar-refractivity contribution >= 4 is 29.5 Å². The summed E-state index contributed by atoms with van der Waals surface area (Å²) in [6.07, 6.45) is 1.43. The number of cyclic esters (lactones) is 1. The minimum absolute atomic E-state index is 0.00893. The summed E-state index contributed by atoms with van der Waals surface area (Å²) in [5.41, 5.74) is 6.26. The molecular weight excluding hydrogens is 384 g/mol. The van der Waals surface area contributed by atoms with E-state index < -0.39 is 11.8 Å². The first-order chi connectivity index (χ1) is 14.5. The van der Waals surface area contributed by atoms with E-state index in [4.69, 9.17) is 9.15 Å². The van der Waals surface area contributed by atoms with E-state index in [2.05, 4.69) is 5.43 Å². The van der Waals surface area contributed by atoms with Gasteiger partial charge < -0.3 is 9.15 Å². The van der Waals surface area contributed by atoms with Crippen LogP contribution in [0.15, 0.2) is 64.6 Å². The third-order valence-corrected chi connectivity index (χ3v) is 5.03. The molecule has 1 N–H and O–H groups in total. The number of nitrogens with zero attached hydrogens (tertiary/aromatic N) is 1. The summed E-state index contributed by atoms with van der Waals surface area (Å²) in [5, 5.41) is 1.22. The molecule has 2 aromatic carbocycles. The highest BCUT2D eigenvalue weighted by molar-refractivity contribution is 6.31. The summed E-state index contributed by atoms with van der Waals surface area (Å²) >= 11 is 0. The molecule has 1 saturated heterocycles. The Bertz CT molecular complexity index is 1250. The Hall–Kier alpha value is -4.13. The van der Waals surface area contributed by atoms with Crippen molar-refractivity contribution in [1.82, 2.24) is 5.43 Å². The summed E-state index contributed by atoms with van der Waals surface area (Å²) in [6.45, 7) is 2.15. The largest absolute Gasteiger partial charge is 0.457 e. The lowest BCUT2D eigenvalue weighted by molar-refractivity contribution is -0.117. The van der Waals surface area contributed by atoms with E-state index in [9.17, 15) is 14.4 Å². The molecule has 0 aliphatic carbocycles. The summed E-state index contributed by atoms with van der Waals surface area (Å²) in [5.74, 6) is -0.331. The lowest BCUT2D eigenvalue weighted by atomic mass is 10.0. The van der Waals surface area contributed by atoms with Gasteiger partial charge in [-0.1, -0.05) is 18.2 Å². The van der Waals surface area contributed by atoms with Crippen LogP contribution in [0, 0.1) is 6.92 Å². The molecule has 3 aromatic rings. The van der Waals surface area contributed by atoms with Crippen LogP contribution in [-0.2, 0) is 20.9 Å². The van der Waals surface area contributed by atoms with Gasteiger partial charge in [-0.15, -0.1) is 0 Å². The Kier molecular flexibility index (Phi) is 4.03. The van der Waals surface area contributed by atoms with Gasteiger partial charge in [-0.25, -0.2) is 9.80 Å². The Labute approximate surface area is 171 Å². The lowest BCUT2D eigenvalue weighted by Crippen LogP contribution is -2.35. The zero-order valence-electron chi connectivity index (χ0n) is 16.0. The number of anilines is 1. The molecule has 2 aliphatic heterocycles. The molecule has 0 spiro atoms. The normalized spacial score (nSPS) is 16.8. The Morgan fingerprint density at radius 2 is 1.90 bits per heavy atom. The van der Waals surface area contributed by atoms with Gasteiger partial charge in [0.2, 0.25) is 0 Å². The van der Waals surface area contributed by atoms with Gasteiger partial charge in [-0.3, -0.25) is 15.0 Å². The monoisotopic (exact) mass is 400 g/mol. The minimum atomic E-state index is -0.493. The topological polar surface area (TPSA) is 88.8 Å². The maximum atomic E-state index is 12.8. The molecule has 7 heteroatoms. The number of carbonyl (C=O) groups excluding carboxylic acids is 3. The zero-order chi connectivity index (χ0) is 20.8. The second kappa shape index (κ2) is 6.73. The first-order valence-corrected chi connectivity index (χ1v) is 9.34. The fourth-order valence-electron chi connectivity index (χ4n) is 3.52. The van der Waals surface area contributed by atoms with Gasteiger partial charge in [0.1, 0.15) is 23.7 Å². The molecule has 0 atom stereocenters. The summed E-state index contributed by atoms with van der Waals surface area (Å²) in [4.78, 5) is 36.7. The molecular formula is C23H16N2O5. The van der Waals surface area contributed by atoms with E-state index in [1.807, 2.05) is 31.2 Å². The van der Waals surface area contributed by atoms with Crippen molar-refractivity contribution in [3.63, 3.8) is 0 Å². The molecule has 148 valence electrons. The van der Waals surface area contributed by atoms with Crippen molar-refractivity contribution in [2.45, 2.75) is 13.5 Å². The quantitative estimate of drug-likeness (QED) is 0.414. The highest BCUT2D eigenvalue weighted by atomic mass is 16.5. The first kappa shape index (κ1) is 17.9. The molecule has 0 unspecified atom stereocenters. The third kappa shape index (κ3) is 2.97. The number of furan rings is 1. The predicted molar refractivity (Wildman–Crippen MR) is 108 cm³/mol.